The zero-order chi connectivity index (χ0) is 19.5. The number of aliphatic hydroxyl groups is 1. The number of benzene rings is 1. The molecule has 0 atom stereocenters. The number of rotatable bonds is 9. The molecule has 0 aliphatic rings. The second-order valence-electron chi connectivity index (χ2n) is 5.65. The fraction of sp³-hybridized carbons (Fsp3) is 0.150. The molecule has 27 heavy (non-hydrogen) atoms. The van der Waals surface area contributed by atoms with Crippen molar-refractivity contribution in [3.8, 4) is 0 Å². The van der Waals surface area contributed by atoms with Crippen LogP contribution in [0, 0.1) is 5.41 Å². The summed E-state index contributed by atoms with van der Waals surface area (Å²) in [6, 6.07) is 9.20. The van der Waals surface area contributed by atoms with Gasteiger partial charge in [-0.05, 0) is 35.4 Å². The number of carbonyl (C=O) groups is 1. The number of anilines is 1. The Bertz CT molecular complexity index is 829. The van der Waals surface area contributed by atoms with Crippen molar-refractivity contribution < 1.29 is 9.90 Å². The number of nitrogens with one attached hydrogen (secondary N) is 3. The van der Waals surface area contributed by atoms with Crippen molar-refractivity contribution in [3.63, 3.8) is 0 Å². The molecular formula is C20H23N5O2. The Morgan fingerprint density at radius 3 is 2.70 bits per heavy atom. The van der Waals surface area contributed by atoms with Crippen molar-refractivity contribution in [1.82, 2.24) is 10.3 Å². The Kier molecular flexibility index (Phi) is 7.90. The van der Waals surface area contributed by atoms with Gasteiger partial charge in [-0.2, -0.15) is 0 Å². The van der Waals surface area contributed by atoms with Gasteiger partial charge in [-0.15, -0.1) is 0 Å². The van der Waals surface area contributed by atoms with Gasteiger partial charge >= 0.3 is 0 Å². The number of nitrogens with two attached hydrogens (primary N) is 1. The van der Waals surface area contributed by atoms with Gasteiger partial charge in [-0.25, -0.2) is 0 Å². The van der Waals surface area contributed by atoms with E-state index < -0.39 is 0 Å². The van der Waals surface area contributed by atoms with E-state index in [-0.39, 0.29) is 12.5 Å². The molecule has 6 N–H and O–H groups in total. The lowest BCUT2D eigenvalue weighted by molar-refractivity contribution is -0.111. The number of pyridine rings is 1. The van der Waals surface area contributed by atoms with Gasteiger partial charge in [0.25, 0.3) is 0 Å². The van der Waals surface area contributed by atoms with E-state index in [9.17, 15) is 4.79 Å². The lowest BCUT2D eigenvalue weighted by atomic mass is 10.0. The van der Waals surface area contributed by atoms with Crippen LogP contribution in [0.3, 0.4) is 0 Å². The van der Waals surface area contributed by atoms with Crippen molar-refractivity contribution >= 4 is 29.5 Å². The van der Waals surface area contributed by atoms with E-state index in [1.54, 1.807) is 24.5 Å². The molecule has 7 heteroatoms. The summed E-state index contributed by atoms with van der Waals surface area (Å²) in [6.07, 6.45) is 8.77. The lowest BCUT2D eigenvalue weighted by Gasteiger charge is -2.06. The highest BCUT2D eigenvalue weighted by Crippen LogP contribution is 2.17. The van der Waals surface area contributed by atoms with Gasteiger partial charge in [-0.1, -0.05) is 12.1 Å². The number of aliphatic hydroxyl groups excluding tert-OH is 1. The van der Waals surface area contributed by atoms with Crippen LogP contribution in [-0.4, -0.2) is 35.4 Å². The minimum atomic E-state index is -0.274. The molecular weight excluding hydrogens is 342 g/mol. The molecule has 0 radical (unpaired) electrons. The number of hydrogen-bond acceptors (Lipinski definition) is 6. The summed E-state index contributed by atoms with van der Waals surface area (Å²) in [5, 5.41) is 22.1. The lowest BCUT2D eigenvalue weighted by Crippen LogP contribution is -2.17. The van der Waals surface area contributed by atoms with Gasteiger partial charge in [0.2, 0.25) is 5.91 Å². The predicted molar refractivity (Wildman–Crippen MR) is 108 cm³/mol. The number of amides is 1. The van der Waals surface area contributed by atoms with E-state index in [2.05, 4.69) is 15.6 Å². The Hall–Kier alpha value is -3.29. The summed E-state index contributed by atoms with van der Waals surface area (Å²) < 4.78 is 0. The zero-order valence-corrected chi connectivity index (χ0v) is 14.9. The molecule has 1 heterocycles. The molecule has 0 aliphatic heterocycles. The Labute approximate surface area is 158 Å². The molecule has 7 nitrogen and oxygen atoms in total. The third-order valence-electron chi connectivity index (χ3n) is 3.75. The van der Waals surface area contributed by atoms with Crippen LogP contribution in [0.5, 0.6) is 0 Å². The van der Waals surface area contributed by atoms with Crippen molar-refractivity contribution in [3.05, 3.63) is 71.7 Å². The summed E-state index contributed by atoms with van der Waals surface area (Å²) in [4.78, 5) is 16.2. The number of aromatic nitrogens is 1. The first-order valence-corrected chi connectivity index (χ1v) is 8.44. The van der Waals surface area contributed by atoms with Crippen molar-refractivity contribution in [2.24, 2.45) is 5.73 Å². The molecule has 2 aromatic rings. The quantitative estimate of drug-likeness (QED) is 0.263. The topological polar surface area (TPSA) is 124 Å². The first-order chi connectivity index (χ1) is 13.2. The van der Waals surface area contributed by atoms with Crippen molar-refractivity contribution in [2.75, 3.05) is 18.5 Å². The standard InChI is InChI=1S/C20H23N5O2/c21-11-17(12-22)19-7-8-23-14-16(19)3-6-20(27)25-18-4-1-15(2-5-18)13-24-9-10-26/h1-8,11-12,14,21,24,26H,9-10,13,22H2,(H,25,27)/b6-3+,17-12+,21-11?. The monoisotopic (exact) mass is 365 g/mol. The number of nitrogens with zero attached hydrogens (tertiary/aromatic N) is 1. The minimum Gasteiger partial charge on any atom is -0.404 e. The first-order valence-electron chi connectivity index (χ1n) is 8.44. The largest absolute Gasteiger partial charge is 0.404 e. The summed E-state index contributed by atoms with van der Waals surface area (Å²) in [6.45, 7) is 1.29. The molecule has 0 unspecified atom stereocenters. The van der Waals surface area contributed by atoms with Crippen LogP contribution in [0.4, 0.5) is 5.69 Å². The highest BCUT2D eigenvalue weighted by atomic mass is 16.3. The molecule has 0 fully saturated rings. The van der Waals surface area contributed by atoms with Crippen LogP contribution < -0.4 is 16.4 Å². The number of hydrogen-bond donors (Lipinski definition) is 5. The van der Waals surface area contributed by atoms with E-state index in [0.29, 0.717) is 29.9 Å². The number of allylic oxidation sites excluding steroid dienone is 1. The SMILES string of the molecule is N=C/C(=C\N)c1ccncc1/C=C/C(=O)Nc1ccc(CNCCO)cc1. The maximum atomic E-state index is 12.2. The molecule has 2 rings (SSSR count). The van der Waals surface area contributed by atoms with Crippen LogP contribution in [0.15, 0.2) is 55.0 Å². The van der Waals surface area contributed by atoms with Gasteiger partial charge in [-0.3, -0.25) is 9.78 Å². The van der Waals surface area contributed by atoms with Crippen molar-refractivity contribution in [2.45, 2.75) is 6.54 Å². The molecule has 1 aromatic heterocycles. The van der Waals surface area contributed by atoms with Gasteiger partial charge in [0.05, 0.1) is 6.61 Å². The maximum Gasteiger partial charge on any atom is 0.248 e. The normalized spacial score (nSPS) is 11.5. The van der Waals surface area contributed by atoms with Crippen LogP contribution in [-0.2, 0) is 11.3 Å². The summed E-state index contributed by atoms with van der Waals surface area (Å²) in [7, 11) is 0. The second-order valence-corrected chi connectivity index (χ2v) is 5.65. The number of carbonyl (C=O) groups excluding carboxylic acids is 1. The highest BCUT2D eigenvalue weighted by Gasteiger charge is 2.04. The average Bonchev–Trinajstić information content (AvgIpc) is 2.70. The Morgan fingerprint density at radius 1 is 1.26 bits per heavy atom. The molecule has 0 saturated heterocycles. The minimum absolute atomic E-state index is 0.0987. The van der Waals surface area contributed by atoms with E-state index in [1.807, 2.05) is 24.3 Å². The highest BCUT2D eigenvalue weighted by molar-refractivity contribution is 6.10. The van der Waals surface area contributed by atoms with Gasteiger partial charge in [0.15, 0.2) is 0 Å². The average molecular weight is 365 g/mol. The summed E-state index contributed by atoms with van der Waals surface area (Å²) in [5.41, 5.74) is 9.25. The Balaban J connectivity index is 2.01. The smallest absolute Gasteiger partial charge is 0.248 e. The van der Waals surface area contributed by atoms with E-state index >= 15 is 0 Å². The molecule has 140 valence electrons. The third kappa shape index (κ3) is 6.18. The van der Waals surface area contributed by atoms with Gasteiger partial charge < -0.3 is 26.9 Å². The van der Waals surface area contributed by atoms with E-state index in [0.717, 1.165) is 17.3 Å². The van der Waals surface area contributed by atoms with E-state index in [4.69, 9.17) is 16.2 Å². The molecule has 0 spiro atoms. The summed E-state index contributed by atoms with van der Waals surface area (Å²) in [5.74, 6) is -0.274. The van der Waals surface area contributed by atoms with Crippen LogP contribution in [0.1, 0.15) is 16.7 Å². The zero-order valence-electron chi connectivity index (χ0n) is 14.9. The van der Waals surface area contributed by atoms with Crippen LogP contribution in [0.25, 0.3) is 11.6 Å². The first kappa shape index (κ1) is 20.0. The Morgan fingerprint density at radius 2 is 2.04 bits per heavy atom. The third-order valence-corrected chi connectivity index (χ3v) is 3.75. The van der Waals surface area contributed by atoms with Crippen LogP contribution >= 0.6 is 0 Å². The predicted octanol–water partition coefficient (Wildman–Crippen LogP) is 1.76. The molecule has 1 aromatic carbocycles. The van der Waals surface area contributed by atoms with Gasteiger partial charge in [0, 0.05) is 60.8 Å². The van der Waals surface area contributed by atoms with E-state index in [1.165, 1.54) is 12.3 Å². The molecule has 1 amide bonds. The molecule has 0 aliphatic carbocycles. The molecule has 0 bridgehead atoms. The van der Waals surface area contributed by atoms with Gasteiger partial charge in [0.1, 0.15) is 0 Å². The maximum absolute atomic E-state index is 12.2. The fourth-order valence-electron chi connectivity index (χ4n) is 2.39. The molecule has 0 saturated carbocycles. The summed E-state index contributed by atoms with van der Waals surface area (Å²) >= 11 is 0. The van der Waals surface area contributed by atoms with Crippen LogP contribution in [0.2, 0.25) is 0 Å². The second kappa shape index (κ2) is 10.6. The van der Waals surface area contributed by atoms with Crippen molar-refractivity contribution in [1.29, 1.82) is 5.41 Å². The fourth-order valence-corrected chi connectivity index (χ4v) is 2.39.